The molecule has 2 aliphatic rings. The molecule has 0 amide bonds. The summed E-state index contributed by atoms with van der Waals surface area (Å²) in [6.07, 6.45) is 1.80. The first kappa shape index (κ1) is 17.6. The maximum Gasteiger partial charge on any atom is 0.332 e. The normalized spacial score (nSPS) is 21.4. The first-order chi connectivity index (χ1) is 13.6. The summed E-state index contributed by atoms with van der Waals surface area (Å²) in [5.41, 5.74) is 1.37. The molecule has 2 aromatic heterocycles. The van der Waals surface area contributed by atoms with Gasteiger partial charge in [0.25, 0.3) is 0 Å². The lowest BCUT2D eigenvalue weighted by atomic mass is 9.86. The number of fused-ring (bicyclic) bond motifs is 1. The van der Waals surface area contributed by atoms with Crippen molar-refractivity contribution >= 4 is 11.3 Å². The van der Waals surface area contributed by atoms with E-state index < -0.39 is 11.1 Å². The molecule has 3 aromatic rings. The van der Waals surface area contributed by atoms with Gasteiger partial charge in [-0.3, -0.25) is 19.1 Å². The van der Waals surface area contributed by atoms with Gasteiger partial charge in [0.1, 0.15) is 5.82 Å². The number of aromatic nitrogens is 3. The van der Waals surface area contributed by atoms with Crippen LogP contribution in [0.2, 0.25) is 0 Å². The Balaban J connectivity index is 1.39. The van der Waals surface area contributed by atoms with Crippen molar-refractivity contribution in [3.63, 3.8) is 0 Å². The Morgan fingerprint density at radius 3 is 2.64 bits per heavy atom. The van der Waals surface area contributed by atoms with Gasteiger partial charge in [-0.05, 0) is 40.9 Å². The number of hydrogen-bond donors (Lipinski definition) is 0. The molecule has 1 atom stereocenters. The van der Waals surface area contributed by atoms with Gasteiger partial charge < -0.3 is 0 Å². The summed E-state index contributed by atoms with van der Waals surface area (Å²) in [6.45, 7) is 3.85. The summed E-state index contributed by atoms with van der Waals surface area (Å²) in [7, 11) is 0. The van der Waals surface area contributed by atoms with Crippen molar-refractivity contribution in [2.75, 3.05) is 13.1 Å². The molecule has 0 radical (unpaired) electrons. The first-order valence-electron chi connectivity index (χ1n) is 9.60. The van der Waals surface area contributed by atoms with E-state index in [1.807, 2.05) is 30.3 Å². The van der Waals surface area contributed by atoms with Crippen LogP contribution in [0.25, 0.3) is 0 Å². The van der Waals surface area contributed by atoms with E-state index in [0.717, 1.165) is 43.9 Å². The lowest BCUT2D eigenvalue weighted by molar-refractivity contribution is 0.246. The van der Waals surface area contributed by atoms with E-state index in [4.69, 9.17) is 0 Å². The average Bonchev–Trinajstić information content (AvgIpc) is 3.42. The molecule has 1 saturated heterocycles. The third-order valence-corrected chi connectivity index (χ3v) is 6.65. The van der Waals surface area contributed by atoms with Crippen LogP contribution in [0.3, 0.4) is 0 Å². The molecule has 6 nitrogen and oxygen atoms in total. The zero-order chi connectivity index (χ0) is 19.1. The fourth-order valence-electron chi connectivity index (χ4n) is 4.54. The molecule has 1 spiro atoms. The Morgan fingerprint density at radius 2 is 1.86 bits per heavy atom. The molecular formula is C21H22N4O2S. The molecule has 0 aliphatic carbocycles. The molecule has 0 unspecified atom stereocenters. The molecule has 1 fully saturated rings. The molecule has 4 heterocycles. The van der Waals surface area contributed by atoms with Gasteiger partial charge in [-0.1, -0.05) is 30.3 Å². The highest BCUT2D eigenvalue weighted by molar-refractivity contribution is 7.07. The van der Waals surface area contributed by atoms with Crippen LogP contribution < -0.4 is 11.1 Å². The van der Waals surface area contributed by atoms with Gasteiger partial charge in [-0.25, -0.2) is 4.68 Å². The molecule has 0 saturated carbocycles. The van der Waals surface area contributed by atoms with Crippen LogP contribution in [-0.2, 0) is 26.1 Å². The largest absolute Gasteiger partial charge is 0.332 e. The Kier molecular flexibility index (Phi) is 4.29. The van der Waals surface area contributed by atoms with Gasteiger partial charge in [0.15, 0.2) is 0 Å². The van der Waals surface area contributed by atoms with Crippen LogP contribution in [0.1, 0.15) is 23.4 Å². The SMILES string of the molecule is O=c1c(=O)n2c(nn1Cc1ccccc1)C[C@@]1(CCN(Cc3ccsc3)C1)C2. The predicted octanol–water partition coefficient (Wildman–Crippen LogP) is 1.96. The van der Waals surface area contributed by atoms with Crippen molar-refractivity contribution in [2.45, 2.75) is 32.5 Å². The fraction of sp³-hybridized carbons (Fsp3) is 0.381. The fourth-order valence-corrected chi connectivity index (χ4v) is 5.20. The smallest absolute Gasteiger partial charge is 0.298 e. The zero-order valence-electron chi connectivity index (χ0n) is 15.6. The van der Waals surface area contributed by atoms with Gasteiger partial charge in [-0.15, -0.1) is 0 Å². The molecule has 5 rings (SSSR count). The molecule has 0 N–H and O–H groups in total. The minimum absolute atomic E-state index is 0.0214. The molecular weight excluding hydrogens is 372 g/mol. The van der Waals surface area contributed by atoms with Crippen molar-refractivity contribution in [3.05, 3.63) is 84.8 Å². The number of nitrogens with zero attached hydrogens (tertiary/aromatic N) is 4. The lowest BCUT2D eigenvalue weighted by Crippen LogP contribution is -2.43. The molecule has 0 bridgehead atoms. The zero-order valence-corrected chi connectivity index (χ0v) is 16.4. The summed E-state index contributed by atoms with van der Waals surface area (Å²) in [5, 5.41) is 8.88. The maximum atomic E-state index is 12.7. The van der Waals surface area contributed by atoms with E-state index >= 15 is 0 Å². The van der Waals surface area contributed by atoms with Crippen LogP contribution >= 0.6 is 11.3 Å². The Bertz CT molecular complexity index is 1100. The molecule has 1 aromatic carbocycles. The van der Waals surface area contributed by atoms with Crippen LogP contribution in [0.15, 0.2) is 56.7 Å². The highest BCUT2D eigenvalue weighted by Gasteiger charge is 2.44. The first-order valence-corrected chi connectivity index (χ1v) is 10.5. The van der Waals surface area contributed by atoms with Crippen LogP contribution in [0.4, 0.5) is 0 Å². The van der Waals surface area contributed by atoms with Crippen LogP contribution in [0.5, 0.6) is 0 Å². The summed E-state index contributed by atoms with van der Waals surface area (Å²) >= 11 is 1.72. The quantitative estimate of drug-likeness (QED) is 0.635. The Hall–Kier alpha value is -2.51. The van der Waals surface area contributed by atoms with Gasteiger partial charge in [-0.2, -0.15) is 16.4 Å². The maximum absolute atomic E-state index is 12.7. The van der Waals surface area contributed by atoms with E-state index in [1.165, 1.54) is 10.2 Å². The van der Waals surface area contributed by atoms with Gasteiger partial charge in [0, 0.05) is 31.5 Å². The van der Waals surface area contributed by atoms with Gasteiger partial charge >= 0.3 is 11.1 Å². The van der Waals surface area contributed by atoms with E-state index in [0.29, 0.717) is 13.1 Å². The highest BCUT2D eigenvalue weighted by Crippen LogP contribution is 2.39. The summed E-state index contributed by atoms with van der Waals surface area (Å²) in [4.78, 5) is 27.8. The monoisotopic (exact) mass is 394 g/mol. The Morgan fingerprint density at radius 1 is 1.00 bits per heavy atom. The van der Waals surface area contributed by atoms with Crippen molar-refractivity contribution < 1.29 is 0 Å². The van der Waals surface area contributed by atoms with E-state index in [9.17, 15) is 9.59 Å². The molecule has 2 aliphatic heterocycles. The molecule has 144 valence electrons. The second kappa shape index (κ2) is 6.83. The van der Waals surface area contributed by atoms with Gasteiger partial charge in [0.05, 0.1) is 6.54 Å². The van der Waals surface area contributed by atoms with E-state index in [-0.39, 0.29) is 5.41 Å². The molecule has 7 heteroatoms. The third kappa shape index (κ3) is 3.14. The van der Waals surface area contributed by atoms with Crippen molar-refractivity contribution in [2.24, 2.45) is 5.41 Å². The van der Waals surface area contributed by atoms with Crippen molar-refractivity contribution in [3.8, 4) is 0 Å². The number of benzene rings is 1. The average molecular weight is 395 g/mol. The second-order valence-corrected chi connectivity index (χ2v) is 8.80. The number of likely N-dealkylation sites (tertiary alicyclic amines) is 1. The summed E-state index contributed by atoms with van der Waals surface area (Å²) in [5.74, 6) is 0.748. The molecule has 28 heavy (non-hydrogen) atoms. The number of rotatable bonds is 4. The Labute approximate surface area is 166 Å². The van der Waals surface area contributed by atoms with E-state index in [2.05, 4.69) is 26.8 Å². The number of thiophene rings is 1. The highest BCUT2D eigenvalue weighted by atomic mass is 32.1. The third-order valence-electron chi connectivity index (χ3n) is 5.92. The minimum Gasteiger partial charge on any atom is -0.298 e. The standard InChI is InChI=1S/C21H22N4O2S/c26-19-20(27)25(12-16-4-2-1-3-5-16)22-18-10-21(15-24(18)19)7-8-23(14-21)11-17-6-9-28-13-17/h1-6,9,13H,7-8,10-12,14-15H2/t21-/m1/s1. The predicted molar refractivity (Wildman–Crippen MR) is 109 cm³/mol. The van der Waals surface area contributed by atoms with Crippen LogP contribution in [0, 0.1) is 5.41 Å². The number of hydrogen-bond acceptors (Lipinski definition) is 5. The van der Waals surface area contributed by atoms with Crippen molar-refractivity contribution in [1.29, 1.82) is 0 Å². The summed E-state index contributed by atoms with van der Waals surface area (Å²) < 4.78 is 2.96. The van der Waals surface area contributed by atoms with E-state index in [1.54, 1.807) is 15.9 Å². The van der Waals surface area contributed by atoms with Crippen LogP contribution in [-0.4, -0.2) is 32.3 Å². The van der Waals surface area contributed by atoms with Crippen molar-refractivity contribution in [1.82, 2.24) is 19.2 Å². The van der Waals surface area contributed by atoms with Gasteiger partial charge in [0.2, 0.25) is 0 Å². The second-order valence-electron chi connectivity index (χ2n) is 8.02. The summed E-state index contributed by atoms with van der Waals surface area (Å²) in [6, 6.07) is 11.8. The lowest BCUT2D eigenvalue weighted by Gasteiger charge is -2.22. The topological polar surface area (TPSA) is 60.1 Å². The minimum atomic E-state index is -0.530.